The summed E-state index contributed by atoms with van der Waals surface area (Å²) in [5.74, 6) is 1.61. The number of ether oxygens (including phenoxy) is 1. The van der Waals surface area contributed by atoms with Crippen molar-refractivity contribution in [3.63, 3.8) is 0 Å². The van der Waals surface area contributed by atoms with Crippen LogP contribution in [0.1, 0.15) is 31.9 Å². The van der Waals surface area contributed by atoms with Crippen molar-refractivity contribution in [2.75, 3.05) is 19.3 Å². The van der Waals surface area contributed by atoms with Gasteiger partial charge in [-0.05, 0) is 62.6 Å². The molecule has 0 aliphatic heterocycles. The molecule has 0 spiro atoms. The van der Waals surface area contributed by atoms with Crippen molar-refractivity contribution >= 4 is 15.8 Å². The summed E-state index contributed by atoms with van der Waals surface area (Å²) in [5.41, 5.74) is 2.18. The van der Waals surface area contributed by atoms with Crippen molar-refractivity contribution < 1.29 is 13.2 Å². The van der Waals surface area contributed by atoms with Crippen LogP contribution in [-0.4, -0.2) is 39.8 Å². The molecule has 2 rings (SSSR count). The van der Waals surface area contributed by atoms with E-state index in [1.807, 2.05) is 57.2 Å². The zero-order chi connectivity index (χ0) is 21.3. The Kier molecular flexibility index (Phi) is 8.51. The number of guanidine groups is 1. The summed E-state index contributed by atoms with van der Waals surface area (Å²) in [6, 6.07) is 15.0. The van der Waals surface area contributed by atoms with E-state index in [1.165, 1.54) is 6.26 Å². The SMILES string of the molecule is CCNC(=NCc1ccc(OC(C)C)cc1)NCCc1ccc(S(C)(=O)=O)cc1. The van der Waals surface area contributed by atoms with Crippen molar-refractivity contribution in [3.05, 3.63) is 59.7 Å². The van der Waals surface area contributed by atoms with E-state index in [0.29, 0.717) is 18.0 Å². The highest BCUT2D eigenvalue weighted by Crippen LogP contribution is 2.14. The lowest BCUT2D eigenvalue weighted by Gasteiger charge is -2.12. The zero-order valence-corrected chi connectivity index (χ0v) is 18.4. The number of rotatable bonds is 9. The van der Waals surface area contributed by atoms with Crippen LogP contribution in [0.4, 0.5) is 0 Å². The van der Waals surface area contributed by atoms with Crippen LogP contribution >= 0.6 is 0 Å². The Bertz CT molecular complexity index is 890. The molecule has 0 bridgehead atoms. The van der Waals surface area contributed by atoms with E-state index in [2.05, 4.69) is 15.6 Å². The molecule has 7 heteroatoms. The molecule has 29 heavy (non-hydrogen) atoms. The Morgan fingerprint density at radius 2 is 1.62 bits per heavy atom. The van der Waals surface area contributed by atoms with Gasteiger partial charge in [0, 0.05) is 19.3 Å². The van der Waals surface area contributed by atoms with Gasteiger partial charge in [0.1, 0.15) is 5.75 Å². The number of nitrogens with zero attached hydrogens (tertiary/aromatic N) is 1. The Morgan fingerprint density at radius 3 is 2.17 bits per heavy atom. The van der Waals surface area contributed by atoms with Crippen LogP contribution in [0.25, 0.3) is 0 Å². The van der Waals surface area contributed by atoms with Gasteiger partial charge >= 0.3 is 0 Å². The van der Waals surface area contributed by atoms with Crippen LogP contribution < -0.4 is 15.4 Å². The van der Waals surface area contributed by atoms with Gasteiger partial charge in [-0.1, -0.05) is 24.3 Å². The number of sulfone groups is 1. The number of nitrogens with one attached hydrogen (secondary N) is 2. The summed E-state index contributed by atoms with van der Waals surface area (Å²) in [6.07, 6.45) is 2.15. The van der Waals surface area contributed by atoms with Gasteiger partial charge in [0.05, 0.1) is 17.5 Å². The average molecular weight is 418 g/mol. The fraction of sp³-hybridized carbons (Fsp3) is 0.409. The largest absolute Gasteiger partial charge is 0.491 e. The highest BCUT2D eigenvalue weighted by molar-refractivity contribution is 7.90. The zero-order valence-electron chi connectivity index (χ0n) is 17.6. The Labute approximate surface area is 174 Å². The van der Waals surface area contributed by atoms with Crippen molar-refractivity contribution in [1.29, 1.82) is 0 Å². The van der Waals surface area contributed by atoms with Crippen LogP contribution in [0.5, 0.6) is 5.75 Å². The molecule has 2 N–H and O–H groups in total. The van der Waals surface area contributed by atoms with Crippen LogP contribution in [-0.2, 0) is 22.8 Å². The first-order chi connectivity index (χ1) is 13.8. The molecule has 0 aromatic heterocycles. The fourth-order valence-corrected chi connectivity index (χ4v) is 3.32. The van der Waals surface area contributed by atoms with Crippen LogP contribution in [0.15, 0.2) is 58.4 Å². The molecule has 0 fully saturated rings. The quantitative estimate of drug-likeness (QED) is 0.484. The molecule has 2 aromatic rings. The molecule has 6 nitrogen and oxygen atoms in total. The first-order valence-corrected chi connectivity index (χ1v) is 11.7. The van der Waals surface area contributed by atoms with Crippen molar-refractivity contribution in [3.8, 4) is 5.75 Å². The van der Waals surface area contributed by atoms with Gasteiger partial charge in [0.15, 0.2) is 15.8 Å². The molecule has 2 aromatic carbocycles. The summed E-state index contributed by atoms with van der Waals surface area (Å²) in [6.45, 7) is 8.08. The molecule has 0 unspecified atom stereocenters. The van der Waals surface area contributed by atoms with E-state index in [4.69, 9.17) is 4.74 Å². The maximum Gasteiger partial charge on any atom is 0.191 e. The standard InChI is InChI=1S/C22H31N3O3S/c1-5-23-22(25-16-19-6-10-20(11-7-19)28-17(2)3)24-15-14-18-8-12-21(13-9-18)29(4,26)27/h6-13,17H,5,14-16H2,1-4H3,(H2,23,24,25). The van der Waals surface area contributed by atoms with Gasteiger partial charge < -0.3 is 15.4 Å². The van der Waals surface area contributed by atoms with E-state index < -0.39 is 9.84 Å². The second-order valence-corrected chi connectivity index (χ2v) is 9.11. The fourth-order valence-electron chi connectivity index (χ4n) is 2.69. The first-order valence-electron chi connectivity index (χ1n) is 9.84. The number of hydrogen-bond acceptors (Lipinski definition) is 4. The summed E-state index contributed by atoms with van der Waals surface area (Å²) >= 11 is 0. The minimum absolute atomic E-state index is 0.158. The molecule has 0 amide bonds. The Balaban J connectivity index is 1.88. The molecule has 0 aliphatic carbocycles. The van der Waals surface area contributed by atoms with Gasteiger partial charge in [-0.3, -0.25) is 0 Å². The van der Waals surface area contributed by atoms with E-state index in [0.717, 1.165) is 35.8 Å². The molecule has 158 valence electrons. The maximum atomic E-state index is 11.5. The maximum absolute atomic E-state index is 11.5. The average Bonchev–Trinajstić information content (AvgIpc) is 2.66. The van der Waals surface area contributed by atoms with Gasteiger partial charge in [0.2, 0.25) is 0 Å². The molecule has 0 radical (unpaired) electrons. The van der Waals surface area contributed by atoms with Gasteiger partial charge in [-0.2, -0.15) is 0 Å². The van der Waals surface area contributed by atoms with Crippen molar-refractivity contribution in [1.82, 2.24) is 10.6 Å². The Morgan fingerprint density at radius 1 is 1.00 bits per heavy atom. The lowest BCUT2D eigenvalue weighted by Crippen LogP contribution is -2.38. The highest BCUT2D eigenvalue weighted by atomic mass is 32.2. The first kappa shape index (κ1) is 22.7. The normalized spacial score (nSPS) is 12.1. The molecule has 0 atom stereocenters. The number of hydrogen-bond donors (Lipinski definition) is 2. The minimum Gasteiger partial charge on any atom is -0.491 e. The van der Waals surface area contributed by atoms with Gasteiger partial charge in [-0.15, -0.1) is 0 Å². The van der Waals surface area contributed by atoms with E-state index >= 15 is 0 Å². The van der Waals surface area contributed by atoms with E-state index in [1.54, 1.807) is 12.1 Å². The summed E-state index contributed by atoms with van der Waals surface area (Å²) in [7, 11) is -3.16. The van der Waals surface area contributed by atoms with Crippen LogP contribution in [0, 0.1) is 0 Å². The topological polar surface area (TPSA) is 79.8 Å². The molecular formula is C22H31N3O3S. The summed E-state index contributed by atoms with van der Waals surface area (Å²) in [4.78, 5) is 4.97. The van der Waals surface area contributed by atoms with E-state index in [-0.39, 0.29) is 6.10 Å². The third-order valence-corrected chi connectivity index (χ3v) is 5.25. The highest BCUT2D eigenvalue weighted by Gasteiger charge is 2.06. The Hall–Kier alpha value is -2.54. The summed E-state index contributed by atoms with van der Waals surface area (Å²) in [5, 5.41) is 6.56. The predicted octanol–water partition coefficient (Wildman–Crippen LogP) is 3.18. The van der Waals surface area contributed by atoms with Crippen molar-refractivity contribution in [2.24, 2.45) is 4.99 Å². The van der Waals surface area contributed by atoms with Crippen LogP contribution in [0.3, 0.4) is 0 Å². The molecular weight excluding hydrogens is 386 g/mol. The summed E-state index contributed by atoms with van der Waals surface area (Å²) < 4.78 is 28.7. The smallest absolute Gasteiger partial charge is 0.191 e. The molecule has 0 saturated heterocycles. The molecule has 0 heterocycles. The second kappa shape index (κ2) is 10.9. The number of aliphatic imine (C=N–C) groups is 1. The predicted molar refractivity (Wildman–Crippen MR) is 118 cm³/mol. The molecule has 0 aliphatic rings. The third-order valence-electron chi connectivity index (χ3n) is 4.12. The lowest BCUT2D eigenvalue weighted by atomic mass is 10.1. The molecule has 0 saturated carbocycles. The lowest BCUT2D eigenvalue weighted by molar-refractivity contribution is 0.242. The number of benzene rings is 2. The van der Waals surface area contributed by atoms with Crippen molar-refractivity contribution in [2.45, 2.75) is 44.7 Å². The minimum atomic E-state index is -3.16. The second-order valence-electron chi connectivity index (χ2n) is 7.10. The monoisotopic (exact) mass is 417 g/mol. The van der Waals surface area contributed by atoms with Gasteiger partial charge in [-0.25, -0.2) is 13.4 Å². The van der Waals surface area contributed by atoms with Crippen LogP contribution in [0.2, 0.25) is 0 Å². The third kappa shape index (κ3) is 8.15. The van der Waals surface area contributed by atoms with E-state index in [9.17, 15) is 8.42 Å². The van der Waals surface area contributed by atoms with Gasteiger partial charge in [0.25, 0.3) is 0 Å².